The molecule has 2 heteroatoms. The number of ketones is 1. The van der Waals surface area contributed by atoms with E-state index in [4.69, 9.17) is 0 Å². The summed E-state index contributed by atoms with van der Waals surface area (Å²) in [6.45, 7) is 0.989. The Labute approximate surface area is 92.0 Å². The van der Waals surface area contributed by atoms with Gasteiger partial charge in [0.25, 0.3) is 0 Å². The first-order valence-electron chi connectivity index (χ1n) is 6.37. The third-order valence-corrected chi connectivity index (χ3v) is 5.03. The van der Waals surface area contributed by atoms with Crippen molar-refractivity contribution in [3.05, 3.63) is 0 Å². The quantitative estimate of drug-likeness (QED) is 0.688. The van der Waals surface area contributed by atoms with Crippen molar-refractivity contribution in [2.45, 2.75) is 25.7 Å². The van der Waals surface area contributed by atoms with Crippen molar-refractivity contribution in [1.29, 1.82) is 0 Å². The Morgan fingerprint density at radius 3 is 2.67 bits per heavy atom. The van der Waals surface area contributed by atoms with E-state index in [0.29, 0.717) is 17.6 Å². The summed E-state index contributed by atoms with van der Waals surface area (Å²) < 4.78 is 0. The van der Waals surface area contributed by atoms with E-state index in [1.165, 1.54) is 25.7 Å². The Balaban J connectivity index is 1.81. The molecule has 0 amide bonds. The number of nitrogens with zero attached hydrogens (tertiary/aromatic N) is 1. The average molecular weight is 207 g/mol. The average Bonchev–Trinajstić information content (AvgIpc) is 2.77. The van der Waals surface area contributed by atoms with Crippen molar-refractivity contribution in [3.63, 3.8) is 0 Å². The number of carbonyl (C=O) groups is 1. The monoisotopic (exact) mass is 207 g/mol. The van der Waals surface area contributed by atoms with Crippen molar-refractivity contribution >= 4 is 5.78 Å². The molecule has 2 bridgehead atoms. The zero-order valence-electron chi connectivity index (χ0n) is 9.78. The molecular weight excluding hydrogens is 186 g/mol. The van der Waals surface area contributed by atoms with E-state index >= 15 is 0 Å². The van der Waals surface area contributed by atoms with Gasteiger partial charge in [0, 0.05) is 18.4 Å². The van der Waals surface area contributed by atoms with Gasteiger partial charge in [-0.05, 0) is 51.1 Å². The number of Topliss-reactive ketones (excluding diaryl/α,β-unsaturated/α-hetero) is 1. The van der Waals surface area contributed by atoms with Gasteiger partial charge in [0.1, 0.15) is 5.78 Å². The van der Waals surface area contributed by atoms with Gasteiger partial charge in [-0.25, -0.2) is 0 Å². The Kier molecular flexibility index (Phi) is 2.17. The summed E-state index contributed by atoms with van der Waals surface area (Å²) >= 11 is 0. The lowest BCUT2D eigenvalue weighted by Crippen LogP contribution is -2.38. The van der Waals surface area contributed by atoms with Gasteiger partial charge in [-0.2, -0.15) is 0 Å². The third-order valence-electron chi connectivity index (χ3n) is 5.03. The van der Waals surface area contributed by atoms with Gasteiger partial charge in [-0.15, -0.1) is 0 Å². The molecular formula is C13H21NO. The molecule has 0 aliphatic heterocycles. The maximum Gasteiger partial charge on any atom is 0.140 e. The maximum atomic E-state index is 12.2. The summed E-state index contributed by atoms with van der Waals surface area (Å²) in [6.07, 6.45) is 5.35. The lowest BCUT2D eigenvalue weighted by molar-refractivity contribution is -0.129. The molecule has 3 aliphatic carbocycles. The van der Waals surface area contributed by atoms with E-state index in [9.17, 15) is 4.79 Å². The number of carbonyl (C=O) groups excluding carboxylic acids is 1. The van der Waals surface area contributed by atoms with Crippen LogP contribution < -0.4 is 0 Å². The molecule has 15 heavy (non-hydrogen) atoms. The largest absolute Gasteiger partial charge is 0.309 e. The minimum Gasteiger partial charge on any atom is -0.309 e. The highest BCUT2D eigenvalue weighted by atomic mass is 16.1. The molecule has 3 aliphatic rings. The van der Waals surface area contributed by atoms with Crippen LogP contribution in [0.3, 0.4) is 0 Å². The Bertz CT molecular complexity index is 286. The van der Waals surface area contributed by atoms with Crippen LogP contribution in [0.4, 0.5) is 0 Å². The van der Waals surface area contributed by atoms with Crippen LogP contribution in [0.15, 0.2) is 0 Å². The van der Waals surface area contributed by atoms with Crippen molar-refractivity contribution in [1.82, 2.24) is 4.90 Å². The molecule has 3 saturated carbocycles. The van der Waals surface area contributed by atoms with Crippen LogP contribution in [0, 0.1) is 29.6 Å². The Morgan fingerprint density at radius 2 is 1.93 bits per heavy atom. The highest BCUT2D eigenvalue weighted by molar-refractivity contribution is 5.87. The number of rotatable bonds is 2. The Hall–Kier alpha value is -0.370. The molecule has 0 unspecified atom stereocenters. The van der Waals surface area contributed by atoms with Gasteiger partial charge in [0.05, 0.1) is 0 Å². The normalized spacial score (nSPS) is 47.9. The molecule has 0 aromatic rings. The van der Waals surface area contributed by atoms with Crippen LogP contribution in [0.1, 0.15) is 25.7 Å². The predicted molar refractivity (Wildman–Crippen MR) is 59.5 cm³/mol. The van der Waals surface area contributed by atoms with Gasteiger partial charge in [-0.1, -0.05) is 6.42 Å². The second-order valence-electron chi connectivity index (χ2n) is 6.04. The van der Waals surface area contributed by atoms with Gasteiger partial charge < -0.3 is 4.90 Å². The predicted octanol–water partition coefficient (Wildman–Crippen LogP) is 1.80. The van der Waals surface area contributed by atoms with Crippen LogP contribution in [-0.2, 0) is 4.79 Å². The van der Waals surface area contributed by atoms with Crippen LogP contribution >= 0.6 is 0 Å². The minimum atomic E-state index is 0.379. The van der Waals surface area contributed by atoms with E-state index in [1.807, 2.05) is 0 Å². The summed E-state index contributed by atoms with van der Waals surface area (Å²) in [6, 6.07) is 0. The van der Waals surface area contributed by atoms with E-state index in [0.717, 1.165) is 24.3 Å². The summed E-state index contributed by atoms with van der Waals surface area (Å²) in [5.74, 6) is 3.91. The smallest absolute Gasteiger partial charge is 0.140 e. The van der Waals surface area contributed by atoms with Crippen LogP contribution in [0.25, 0.3) is 0 Å². The van der Waals surface area contributed by atoms with E-state index in [2.05, 4.69) is 19.0 Å². The molecule has 0 heterocycles. The molecule has 0 aromatic carbocycles. The van der Waals surface area contributed by atoms with Gasteiger partial charge in [0.15, 0.2) is 0 Å². The summed E-state index contributed by atoms with van der Waals surface area (Å²) in [4.78, 5) is 14.4. The molecule has 0 saturated heterocycles. The number of hydrogen-bond donors (Lipinski definition) is 0. The fourth-order valence-corrected chi connectivity index (χ4v) is 4.59. The van der Waals surface area contributed by atoms with Crippen LogP contribution in [0.5, 0.6) is 0 Å². The number of fused-ring (bicyclic) bond motifs is 5. The molecule has 3 fully saturated rings. The van der Waals surface area contributed by atoms with E-state index < -0.39 is 0 Å². The zero-order valence-corrected chi connectivity index (χ0v) is 9.78. The second-order valence-corrected chi connectivity index (χ2v) is 6.04. The van der Waals surface area contributed by atoms with Crippen LogP contribution in [0.2, 0.25) is 0 Å². The fraction of sp³-hybridized carbons (Fsp3) is 0.923. The molecule has 3 rings (SSSR count). The molecule has 84 valence electrons. The van der Waals surface area contributed by atoms with Crippen molar-refractivity contribution in [2.75, 3.05) is 20.6 Å². The summed E-state index contributed by atoms with van der Waals surface area (Å²) in [5.41, 5.74) is 0. The van der Waals surface area contributed by atoms with Crippen molar-refractivity contribution < 1.29 is 4.79 Å². The minimum absolute atomic E-state index is 0.379. The van der Waals surface area contributed by atoms with Crippen molar-refractivity contribution in [3.8, 4) is 0 Å². The molecule has 0 radical (unpaired) electrons. The molecule has 0 aromatic heterocycles. The lowest BCUT2D eigenvalue weighted by Gasteiger charge is -2.31. The Morgan fingerprint density at radius 1 is 1.20 bits per heavy atom. The molecule has 5 atom stereocenters. The standard InChI is InChI=1S/C13H21NO/c1-14(2)7-12-10-6-11(13(12)15)9-5-3-4-8(9)10/h8-12H,3-7H2,1-2H3/t8-,9+,10+,11-,12-/m1/s1. The first-order valence-corrected chi connectivity index (χ1v) is 6.37. The van der Waals surface area contributed by atoms with Crippen LogP contribution in [-0.4, -0.2) is 31.3 Å². The third kappa shape index (κ3) is 1.30. The molecule has 0 N–H and O–H groups in total. The SMILES string of the molecule is CN(C)C[C@H]1C(=O)[C@@H]2C[C@H]1[C@@H]1CCC[C@@H]12. The topological polar surface area (TPSA) is 20.3 Å². The fourth-order valence-electron chi connectivity index (χ4n) is 4.59. The first-order chi connectivity index (χ1) is 7.18. The first kappa shape index (κ1) is 9.83. The van der Waals surface area contributed by atoms with Gasteiger partial charge in [0.2, 0.25) is 0 Å². The van der Waals surface area contributed by atoms with E-state index in [1.54, 1.807) is 0 Å². The maximum absolute atomic E-state index is 12.2. The van der Waals surface area contributed by atoms with E-state index in [-0.39, 0.29) is 0 Å². The highest BCUT2D eigenvalue weighted by Crippen LogP contribution is 2.59. The number of hydrogen-bond acceptors (Lipinski definition) is 2. The molecule has 2 nitrogen and oxygen atoms in total. The summed E-state index contributed by atoms with van der Waals surface area (Å²) in [5, 5.41) is 0. The highest BCUT2D eigenvalue weighted by Gasteiger charge is 2.58. The second kappa shape index (κ2) is 3.31. The molecule has 0 spiro atoms. The van der Waals surface area contributed by atoms with Gasteiger partial charge in [-0.3, -0.25) is 4.79 Å². The van der Waals surface area contributed by atoms with Gasteiger partial charge >= 0.3 is 0 Å². The summed E-state index contributed by atoms with van der Waals surface area (Å²) in [7, 11) is 4.18. The zero-order chi connectivity index (χ0) is 10.6. The van der Waals surface area contributed by atoms with Crippen molar-refractivity contribution in [2.24, 2.45) is 29.6 Å². The lowest BCUT2D eigenvalue weighted by atomic mass is 9.75.